The van der Waals surface area contributed by atoms with Crippen LogP contribution in [-0.2, 0) is 6.54 Å². The van der Waals surface area contributed by atoms with Crippen LogP contribution in [0.3, 0.4) is 0 Å². The van der Waals surface area contributed by atoms with Crippen LogP contribution < -0.4 is 4.90 Å². The average molecular weight is 232 g/mol. The third-order valence-electron chi connectivity index (χ3n) is 2.62. The van der Waals surface area contributed by atoms with Crippen LogP contribution in [0.2, 0.25) is 0 Å². The lowest BCUT2D eigenvalue weighted by Gasteiger charge is -2.17. The molecule has 4 nitrogen and oxygen atoms in total. The van der Waals surface area contributed by atoms with Gasteiger partial charge in [0.25, 0.3) is 0 Å². The fourth-order valence-corrected chi connectivity index (χ4v) is 1.62. The van der Waals surface area contributed by atoms with Crippen molar-refractivity contribution in [2.24, 2.45) is 0 Å². The zero-order chi connectivity index (χ0) is 12.3. The van der Waals surface area contributed by atoms with Crippen molar-refractivity contribution in [1.29, 1.82) is 0 Å². The van der Waals surface area contributed by atoms with Crippen LogP contribution in [0.15, 0.2) is 41.1 Å². The van der Waals surface area contributed by atoms with Gasteiger partial charge in [0.2, 0.25) is 0 Å². The van der Waals surface area contributed by atoms with Gasteiger partial charge in [-0.05, 0) is 36.8 Å². The Morgan fingerprint density at radius 2 is 2.29 bits per heavy atom. The van der Waals surface area contributed by atoms with Gasteiger partial charge in [-0.25, -0.2) is 4.98 Å². The molecule has 1 atom stereocenters. The van der Waals surface area contributed by atoms with Gasteiger partial charge in [-0.2, -0.15) is 0 Å². The Bertz CT molecular complexity index is 466. The smallest absolute Gasteiger partial charge is 0.128 e. The van der Waals surface area contributed by atoms with Gasteiger partial charge in [-0.15, -0.1) is 0 Å². The fourth-order valence-electron chi connectivity index (χ4n) is 1.62. The molecule has 0 bridgehead atoms. The number of aromatic nitrogens is 1. The molecule has 2 aromatic rings. The van der Waals surface area contributed by atoms with Gasteiger partial charge in [0.15, 0.2) is 0 Å². The number of aliphatic hydroxyl groups excluding tert-OH is 1. The molecular weight excluding hydrogens is 216 g/mol. The van der Waals surface area contributed by atoms with Crippen LogP contribution in [0.5, 0.6) is 0 Å². The van der Waals surface area contributed by atoms with E-state index in [-0.39, 0.29) is 0 Å². The van der Waals surface area contributed by atoms with Gasteiger partial charge in [-0.3, -0.25) is 0 Å². The van der Waals surface area contributed by atoms with Gasteiger partial charge in [0.1, 0.15) is 11.6 Å². The van der Waals surface area contributed by atoms with E-state index in [9.17, 15) is 5.11 Å². The molecule has 0 unspecified atom stereocenters. The first-order valence-corrected chi connectivity index (χ1v) is 5.54. The number of hydrogen-bond acceptors (Lipinski definition) is 4. The minimum Gasteiger partial charge on any atom is -0.467 e. The summed E-state index contributed by atoms with van der Waals surface area (Å²) in [6.45, 7) is 2.40. The maximum absolute atomic E-state index is 9.52. The molecule has 4 heteroatoms. The zero-order valence-corrected chi connectivity index (χ0v) is 10.00. The van der Waals surface area contributed by atoms with Gasteiger partial charge in [0, 0.05) is 13.2 Å². The summed E-state index contributed by atoms with van der Waals surface area (Å²) in [5.41, 5.74) is 0.862. The Morgan fingerprint density at radius 3 is 2.94 bits per heavy atom. The Kier molecular flexibility index (Phi) is 3.44. The predicted molar refractivity (Wildman–Crippen MR) is 65.7 cm³/mol. The number of pyridine rings is 1. The van der Waals surface area contributed by atoms with E-state index in [1.807, 2.05) is 36.2 Å². The van der Waals surface area contributed by atoms with Gasteiger partial charge in [-0.1, -0.05) is 0 Å². The maximum atomic E-state index is 9.52. The molecule has 1 N–H and O–H groups in total. The first-order chi connectivity index (χ1) is 8.16. The van der Waals surface area contributed by atoms with Crippen LogP contribution in [0.1, 0.15) is 24.4 Å². The average Bonchev–Trinajstić information content (AvgIpc) is 2.82. The second-order valence-corrected chi connectivity index (χ2v) is 4.06. The molecule has 2 aromatic heterocycles. The standard InChI is InChI=1S/C13H16N2O2/c1-10(16)11-5-6-14-13(8-11)15(2)9-12-4-3-7-17-12/h3-8,10,16H,9H2,1-2H3/t10-/m0/s1. The van der Waals surface area contributed by atoms with Crippen molar-refractivity contribution in [1.82, 2.24) is 4.98 Å². The Labute approximate surface area is 101 Å². The number of aliphatic hydroxyl groups is 1. The number of hydrogen-bond donors (Lipinski definition) is 1. The molecule has 0 aliphatic rings. The largest absolute Gasteiger partial charge is 0.467 e. The molecule has 2 heterocycles. The Balaban J connectivity index is 2.13. The summed E-state index contributed by atoms with van der Waals surface area (Å²) < 4.78 is 5.28. The van der Waals surface area contributed by atoms with Crippen molar-refractivity contribution in [2.75, 3.05) is 11.9 Å². The predicted octanol–water partition coefficient (Wildman–Crippen LogP) is 2.36. The molecule has 0 spiro atoms. The topological polar surface area (TPSA) is 49.5 Å². The molecule has 0 amide bonds. The molecule has 0 fully saturated rings. The second-order valence-electron chi connectivity index (χ2n) is 4.06. The molecule has 0 aliphatic heterocycles. The Hall–Kier alpha value is -1.81. The summed E-state index contributed by atoms with van der Waals surface area (Å²) in [5.74, 6) is 1.71. The van der Waals surface area contributed by atoms with E-state index in [2.05, 4.69) is 4.98 Å². The minimum absolute atomic E-state index is 0.478. The van der Waals surface area contributed by atoms with Crippen molar-refractivity contribution in [2.45, 2.75) is 19.6 Å². The molecule has 0 aromatic carbocycles. The molecular formula is C13H16N2O2. The monoisotopic (exact) mass is 232 g/mol. The first-order valence-electron chi connectivity index (χ1n) is 5.54. The van der Waals surface area contributed by atoms with E-state index in [0.29, 0.717) is 6.54 Å². The van der Waals surface area contributed by atoms with E-state index in [0.717, 1.165) is 17.1 Å². The maximum Gasteiger partial charge on any atom is 0.128 e. The fraction of sp³-hybridized carbons (Fsp3) is 0.308. The van der Waals surface area contributed by atoms with Crippen molar-refractivity contribution in [3.63, 3.8) is 0 Å². The lowest BCUT2D eigenvalue weighted by molar-refractivity contribution is 0.199. The van der Waals surface area contributed by atoms with Crippen LogP contribution >= 0.6 is 0 Å². The lowest BCUT2D eigenvalue weighted by Crippen LogP contribution is -2.17. The SMILES string of the molecule is C[C@H](O)c1ccnc(N(C)Cc2ccco2)c1. The van der Waals surface area contributed by atoms with Gasteiger partial charge in [0.05, 0.1) is 18.9 Å². The molecule has 0 aliphatic carbocycles. The second kappa shape index (κ2) is 5.01. The van der Waals surface area contributed by atoms with Gasteiger partial charge >= 0.3 is 0 Å². The number of nitrogens with zero attached hydrogens (tertiary/aromatic N) is 2. The number of rotatable bonds is 4. The highest BCUT2D eigenvalue weighted by Gasteiger charge is 2.08. The quantitative estimate of drug-likeness (QED) is 0.879. The highest BCUT2D eigenvalue weighted by atomic mass is 16.3. The van der Waals surface area contributed by atoms with E-state index in [1.54, 1.807) is 19.4 Å². The van der Waals surface area contributed by atoms with Crippen LogP contribution in [0, 0.1) is 0 Å². The van der Waals surface area contributed by atoms with Crippen molar-refractivity contribution in [3.8, 4) is 0 Å². The zero-order valence-electron chi connectivity index (χ0n) is 10.00. The van der Waals surface area contributed by atoms with E-state index < -0.39 is 6.10 Å². The highest BCUT2D eigenvalue weighted by Crippen LogP contribution is 2.18. The molecule has 0 saturated carbocycles. The summed E-state index contributed by atoms with van der Waals surface area (Å²) in [4.78, 5) is 6.25. The van der Waals surface area contributed by atoms with E-state index in [1.165, 1.54) is 0 Å². The van der Waals surface area contributed by atoms with Crippen LogP contribution in [0.25, 0.3) is 0 Å². The van der Waals surface area contributed by atoms with Crippen molar-refractivity contribution >= 4 is 5.82 Å². The highest BCUT2D eigenvalue weighted by molar-refractivity contribution is 5.40. The summed E-state index contributed by atoms with van der Waals surface area (Å²) in [5, 5.41) is 9.52. The van der Waals surface area contributed by atoms with E-state index >= 15 is 0 Å². The normalized spacial score (nSPS) is 12.4. The van der Waals surface area contributed by atoms with E-state index in [4.69, 9.17) is 4.42 Å². The molecule has 0 radical (unpaired) electrons. The van der Waals surface area contributed by atoms with Crippen molar-refractivity contribution < 1.29 is 9.52 Å². The minimum atomic E-state index is -0.478. The lowest BCUT2D eigenvalue weighted by atomic mass is 10.2. The summed E-state index contributed by atoms with van der Waals surface area (Å²) >= 11 is 0. The van der Waals surface area contributed by atoms with Gasteiger partial charge < -0.3 is 14.4 Å². The number of anilines is 1. The molecule has 17 heavy (non-hydrogen) atoms. The third kappa shape index (κ3) is 2.85. The third-order valence-corrected chi connectivity index (χ3v) is 2.62. The molecule has 90 valence electrons. The van der Waals surface area contributed by atoms with Crippen LogP contribution in [0.4, 0.5) is 5.82 Å². The van der Waals surface area contributed by atoms with Crippen LogP contribution in [-0.4, -0.2) is 17.1 Å². The summed E-state index contributed by atoms with van der Waals surface area (Å²) in [7, 11) is 1.94. The molecule has 0 saturated heterocycles. The molecule has 2 rings (SSSR count). The van der Waals surface area contributed by atoms with Crippen molar-refractivity contribution in [3.05, 3.63) is 48.0 Å². The Morgan fingerprint density at radius 1 is 1.47 bits per heavy atom. The summed E-state index contributed by atoms with van der Waals surface area (Å²) in [6.07, 6.45) is 2.88. The summed E-state index contributed by atoms with van der Waals surface area (Å²) in [6, 6.07) is 7.49. The first kappa shape index (κ1) is 11.7. The number of furan rings is 1.